The molecule has 0 unspecified atom stereocenters. The maximum Gasteiger partial charge on any atom is 0.319 e. The molecule has 0 saturated carbocycles. The number of imidazole rings is 1. The molecule has 0 saturated heterocycles. The molecule has 0 aliphatic carbocycles. The molecule has 2 amide bonds. The number of aromatic nitrogens is 3. The third kappa shape index (κ3) is 4.60. The monoisotopic (exact) mass is 385 g/mol. The van der Waals surface area contributed by atoms with Crippen LogP contribution in [0.15, 0.2) is 72.9 Å². The number of pyridine rings is 1. The predicted octanol–water partition coefficient (Wildman–Crippen LogP) is 4.15. The lowest BCUT2D eigenvalue weighted by atomic mass is 10.2. The molecule has 29 heavy (non-hydrogen) atoms. The van der Waals surface area contributed by atoms with Crippen LogP contribution in [0.25, 0.3) is 11.2 Å². The number of nitrogens with one attached hydrogen (secondary N) is 2. The van der Waals surface area contributed by atoms with Crippen molar-refractivity contribution in [3.8, 4) is 0 Å². The number of nitrogens with zero attached hydrogens (tertiary/aromatic N) is 3. The highest BCUT2D eigenvalue weighted by Gasteiger charge is 2.12. The van der Waals surface area contributed by atoms with Crippen molar-refractivity contribution in [1.29, 1.82) is 0 Å². The highest BCUT2D eigenvalue weighted by atomic mass is 16.2. The van der Waals surface area contributed by atoms with Gasteiger partial charge in [-0.3, -0.25) is 0 Å². The first kappa shape index (κ1) is 18.7. The molecule has 6 nitrogen and oxygen atoms in total. The number of urea groups is 1. The number of rotatable bonds is 6. The topological polar surface area (TPSA) is 71.8 Å². The first-order valence-electron chi connectivity index (χ1n) is 9.64. The fourth-order valence-electron chi connectivity index (χ4n) is 3.23. The Labute approximate surface area is 169 Å². The van der Waals surface area contributed by atoms with Gasteiger partial charge in [-0.1, -0.05) is 48.0 Å². The minimum Gasteiger partial charge on any atom is -0.337 e. The summed E-state index contributed by atoms with van der Waals surface area (Å²) in [6, 6.07) is 21.6. The van der Waals surface area contributed by atoms with Crippen LogP contribution in [0.1, 0.15) is 17.0 Å². The first-order chi connectivity index (χ1) is 14.2. The van der Waals surface area contributed by atoms with Crippen LogP contribution in [0.4, 0.5) is 10.5 Å². The van der Waals surface area contributed by atoms with Gasteiger partial charge in [0.05, 0.1) is 6.54 Å². The molecule has 4 rings (SSSR count). The standard InChI is InChI=1S/C23H23N5O/c1-17-9-11-19(12-10-17)26-23(29)25-15-13-21-27-20-8-5-14-24-22(20)28(21)16-18-6-3-2-4-7-18/h2-12,14H,13,15-16H2,1H3,(H2,25,26,29). The summed E-state index contributed by atoms with van der Waals surface area (Å²) in [5, 5.41) is 5.75. The summed E-state index contributed by atoms with van der Waals surface area (Å²) in [5.41, 5.74) is 4.83. The van der Waals surface area contributed by atoms with Crippen molar-refractivity contribution in [2.24, 2.45) is 0 Å². The largest absolute Gasteiger partial charge is 0.337 e. The lowest BCUT2D eigenvalue weighted by Crippen LogP contribution is -2.31. The molecule has 0 spiro atoms. The summed E-state index contributed by atoms with van der Waals surface area (Å²) in [7, 11) is 0. The summed E-state index contributed by atoms with van der Waals surface area (Å²) >= 11 is 0. The van der Waals surface area contributed by atoms with E-state index >= 15 is 0 Å². The maximum atomic E-state index is 12.2. The Morgan fingerprint density at radius 3 is 2.59 bits per heavy atom. The van der Waals surface area contributed by atoms with Crippen molar-refractivity contribution in [2.45, 2.75) is 19.9 Å². The summed E-state index contributed by atoms with van der Waals surface area (Å²) in [6.07, 6.45) is 2.40. The van der Waals surface area contributed by atoms with E-state index in [0.29, 0.717) is 19.5 Å². The molecular weight excluding hydrogens is 362 g/mol. The number of amides is 2. The number of anilines is 1. The molecule has 2 N–H and O–H groups in total. The van der Waals surface area contributed by atoms with E-state index in [1.54, 1.807) is 6.20 Å². The number of hydrogen-bond donors (Lipinski definition) is 2. The molecule has 0 radical (unpaired) electrons. The molecule has 0 aliphatic heterocycles. The number of carbonyl (C=O) groups is 1. The van der Waals surface area contributed by atoms with Gasteiger partial charge < -0.3 is 15.2 Å². The number of aryl methyl sites for hydroxylation is 1. The number of benzene rings is 2. The van der Waals surface area contributed by atoms with E-state index in [1.807, 2.05) is 61.5 Å². The number of fused-ring (bicyclic) bond motifs is 1. The Morgan fingerprint density at radius 2 is 1.79 bits per heavy atom. The average Bonchev–Trinajstić information content (AvgIpc) is 3.08. The minimum atomic E-state index is -0.224. The Balaban J connectivity index is 1.44. The molecule has 0 aliphatic rings. The van der Waals surface area contributed by atoms with Gasteiger partial charge in [0, 0.05) is 24.8 Å². The summed E-state index contributed by atoms with van der Waals surface area (Å²) in [5.74, 6) is 0.901. The second-order valence-electron chi connectivity index (χ2n) is 6.94. The van der Waals surface area contributed by atoms with E-state index in [2.05, 4.69) is 32.3 Å². The van der Waals surface area contributed by atoms with Crippen LogP contribution in [0.5, 0.6) is 0 Å². The van der Waals surface area contributed by atoms with Crippen molar-refractivity contribution in [3.05, 3.63) is 89.9 Å². The summed E-state index contributed by atoms with van der Waals surface area (Å²) in [6.45, 7) is 3.19. The van der Waals surface area contributed by atoms with Gasteiger partial charge in [0.2, 0.25) is 0 Å². The Kier molecular flexibility index (Phi) is 5.52. The minimum absolute atomic E-state index is 0.224. The first-order valence-corrected chi connectivity index (χ1v) is 9.64. The van der Waals surface area contributed by atoms with Crippen LogP contribution >= 0.6 is 0 Å². The quantitative estimate of drug-likeness (QED) is 0.524. The third-order valence-electron chi connectivity index (χ3n) is 4.71. The zero-order chi connectivity index (χ0) is 20.1. The molecule has 2 aromatic carbocycles. The van der Waals surface area contributed by atoms with Crippen molar-refractivity contribution in [2.75, 3.05) is 11.9 Å². The Morgan fingerprint density at radius 1 is 1.00 bits per heavy atom. The van der Waals surface area contributed by atoms with E-state index in [-0.39, 0.29) is 6.03 Å². The molecule has 2 heterocycles. The molecule has 2 aromatic heterocycles. The second-order valence-corrected chi connectivity index (χ2v) is 6.94. The summed E-state index contributed by atoms with van der Waals surface area (Å²) in [4.78, 5) is 21.4. The Bertz CT molecular complexity index is 1100. The fourth-order valence-corrected chi connectivity index (χ4v) is 3.23. The zero-order valence-electron chi connectivity index (χ0n) is 16.3. The highest BCUT2D eigenvalue weighted by molar-refractivity contribution is 5.89. The smallest absolute Gasteiger partial charge is 0.319 e. The Hall–Kier alpha value is -3.67. The lowest BCUT2D eigenvalue weighted by Gasteiger charge is -2.10. The fraction of sp³-hybridized carbons (Fsp3) is 0.174. The van der Waals surface area contributed by atoms with Crippen molar-refractivity contribution >= 4 is 22.9 Å². The van der Waals surface area contributed by atoms with Gasteiger partial charge >= 0.3 is 6.03 Å². The van der Waals surface area contributed by atoms with E-state index < -0.39 is 0 Å². The molecule has 0 bridgehead atoms. The highest BCUT2D eigenvalue weighted by Crippen LogP contribution is 2.16. The van der Waals surface area contributed by atoms with Crippen molar-refractivity contribution in [1.82, 2.24) is 19.9 Å². The number of carbonyl (C=O) groups excluding carboxylic acids is 1. The molecule has 4 aromatic rings. The van der Waals surface area contributed by atoms with Gasteiger partial charge in [0.15, 0.2) is 5.65 Å². The molecule has 0 fully saturated rings. The molecule has 146 valence electrons. The van der Waals surface area contributed by atoms with Crippen LogP contribution in [0, 0.1) is 6.92 Å². The second kappa shape index (κ2) is 8.56. The third-order valence-corrected chi connectivity index (χ3v) is 4.71. The van der Waals surface area contributed by atoms with Gasteiger partial charge in [0.25, 0.3) is 0 Å². The molecular formula is C23H23N5O. The SMILES string of the molecule is Cc1ccc(NC(=O)NCCc2nc3cccnc3n2Cc2ccccc2)cc1. The van der Waals surface area contributed by atoms with Gasteiger partial charge in [-0.05, 0) is 36.8 Å². The van der Waals surface area contributed by atoms with E-state index in [9.17, 15) is 4.79 Å². The van der Waals surface area contributed by atoms with Gasteiger partial charge in [-0.15, -0.1) is 0 Å². The average molecular weight is 385 g/mol. The van der Waals surface area contributed by atoms with Gasteiger partial charge in [0.1, 0.15) is 11.3 Å². The zero-order valence-corrected chi connectivity index (χ0v) is 16.3. The lowest BCUT2D eigenvalue weighted by molar-refractivity contribution is 0.252. The van der Waals surface area contributed by atoms with E-state index in [4.69, 9.17) is 4.98 Å². The van der Waals surface area contributed by atoms with Gasteiger partial charge in [-0.25, -0.2) is 14.8 Å². The van der Waals surface area contributed by atoms with Crippen LogP contribution in [0.2, 0.25) is 0 Å². The van der Waals surface area contributed by atoms with Crippen LogP contribution < -0.4 is 10.6 Å². The predicted molar refractivity (Wildman–Crippen MR) is 115 cm³/mol. The van der Waals surface area contributed by atoms with E-state index in [0.717, 1.165) is 28.2 Å². The summed E-state index contributed by atoms with van der Waals surface area (Å²) < 4.78 is 2.12. The van der Waals surface area contributed by atoms with Crippen molar-refractivity contribution in [3.63, 3.8) is 0 Å². The van der Waals surface area contributed by atoms with Crippen molar-refractivity contribution < 1.29 is 4.79 Å². The van der Waals surface area contributed by atoms with Crippen LogP contribution in [0.3, 0.4) is 0 Å². The normalized spacial score (nSPS) is 10.8. The van der Waals surface area contributed by atoms with Crippen LogP contribution in [-0.2, 0) is 13.0 Å². The molecule has 6 heteroatoms. The van der Waals surface area contributed by atoms with E-state index in [1.165, 1.54) is 5.56 Å². The van der Waals surface area contributed by atoms with Gasteiger partial charge in [-0.2, -0.15) is 0 Å². The molecule has 0 atom stereocenters. The maximum absolute atomic E-state index is 12.2. The number of hydrogen-bond acceptors (Lipinski definition) is 3. The van der Waals surface area contributed by atoms with Crippen LogP contribution in [-0.4, -0.2) is 27.1 Å².